The van der Waals surface area contributed by atoms with Gasteiger partial charge in [0.05, 0.1) is 6.10 Å². The second kappa shape index (κ2) is 15.5. The average molecular weight is 669 g/mol. The number of benzene rings is 1. The summed E-state index contributed by atoms with van der Waals surface area (Å²) in [6.07, 6.45) is 0.255. The first-order chi connectivity index (χ1) is 21.5. The first kappa shape index (κ1) is 36.4. The van der Waals surface area contributed by atoms with Crippen LogP contribution in [-0.4, -0.2) is 110 Å². The molecule has 3 rings (SSSR count). The number of aliphatic hydroxyl groups excluding tert-OH is 1. The minimum absolute atomic E-state index is 0.0867. The molecular formula is C28H41N6O11P. The number of hydrogen-bond donors (Lipinski definition) is 7. The van der Waals surface area contributed by atoms with E-state index < -0.39 is 79.6 Å². The third kappa shape index (κ3) is 9.72. The molecule has 2 heterocycles. The molecule has 2 aliphatic rings. The van der Waals surface area contributed by atoms with Gasteiger partial charge in [-0.2, -0.15) is 0 Å². The lowest BCUT2D eigenvalue weighted by atomic mass is 10.0. The van der Waals surface area contributed by atoms with E-state index in [1.807, 2.05) is 0 Å². The van der Waals surface area contributed by atoms with E-state index in [9.17, 15) is 38.4 Å². The number of phosphoric acid groups is 1. The Morgan fingerprint density at radius 2 is 1.50 bits per heavy atom. The molecule has 0 radical (unpaired) electrons. The molecule has 0 spiro atoms. The van der Waals surface area contributed by atoms with E-state index >= 15 is 0 Å². The zero-order chi connectivity index (χ0) is 34.3. The molecule has 0 aliphatic carbocycles. The van der Waals surface area contributed by atoms with Crippen molar-refractivity contribution in [3.05, 3.63) is 29.8 Å². The SMILES string of the molecule is CC(=O)N[C@@H](Cc1ccc(OP(=O)(O)O)cc1)C(=O)N[C@H](C(=O)N1CCC[C@H]1C(=O)N[C@@H](C)C(=O)N1CCC[C@H]1C(N)=O)[C@@H](C)O. The Morgan fingerprint density at radius 3 is 2.02 bits per heavy atom. The minimum Gasteiger partial charge on any atom is -0.404 e. The van der Waals surface area contributed by atoms with Crippen molar-refractivity contribution in [1.29, 1.82) is 0 Å². The summed E-state index contributed by atoms with van der Waals surface area (Å²) in [4.78, 5) is 97.2. The Labute approximate surface area is 265 Å². The van der Waals surface area contributed by atoms with Gasteiger partial charge in [-0.3, -0.25) is 38.6 Å². The fourth-order valence-corrected chi connectivity index (χ4v) is 5.98. The molecule has 46 heavy (non-hydrogen) atoms. The predicted octanol–water partition coefficient (Wildman–Crippen LogP) is -1.96. The molecule has 18 heteroatoms. The minimum atomic E-state index is -4.78. The zero-order valence-electron chi connectivity index (χ0n) is 25.7. The summed E-state index contributed by atoms with van der Waals surface area (Å²) < 4.78 is 15.6. The highest BCUT2D eigenvalue weighted by Crippen LogP contribution is 2.37. The smallest absolute Gasteiger partial charge is 0.404 e. The van der Waals surface area contributed by atoms with Crippen LogP contribution in [0.4, 0.5) is 0 Å². The second-order valence-electron chi connectivity index (χ2n) is 11.4. The van der Waals surface area contributed by atoms with Crippen LogP contribution < -0.4 is 26.2 Å². The molecule has 0 aromatic heterocycles. The fourth-order valence-electron chi connectivity index (χ4n) is 5.58. The van der Waals surface area contributed by atoms with Gasteiger partial charge in [0, 0.05) is 26.4 Å². The summed E-state index contributed by atoms with van der Waals surface area (Å²) in [6.45, 7) is 4.41. The largest absolute Gasteiger partial charge is 0.524 e. The lowest BCUT2D eigenvalue weighted by molar-refractivity contribution is -0.145. The highest BCUT2D eigenvalue weighted by Gasteiger charge is 2.41. The third-order valence-corrected chi connectivity index (χ3v) is 8.21. The van der Waals surface area contributed by atoms with Gasteiger partial charge in [0.15, 0.2) is 0 Å². The Hall–Kier alpha value is -4.05. The van der Waals surface area contributed by atoms with Crippen molar-refractivity contribution < 1.29 is 52.7 Å². The standard InChI is InChI=1S/C28H41N6O11P/c1-15(27(40)33-12-4-6-21(33)24(29)37)30-26(39)22-7-5-13-34(22)28(41)23(16(2)35)32-25(38)20(31-17(3)36)14-18-8-10-19(11-9-18)45-46(42,43)44/h8-11,15-16,20-23,35H,4-7,12-14H2,1-3H3,(H2,29,37)(H,30,39)(H,31,36)(H,32,38)(H2,42,43,44)/t15-,16+,20-,21-,22-,23-/m0/s1. The number of aliphatic hydroxyl groups is 1. The summed E-state index contributed by atoms with van der Waals surface area (Å²) in [5.74, 6) is -3.95. The van der Waals surface area contributed by atoms with Crippen molar-refractivity contribution in [1.82, 2.24) is 25.8 Å². The molecule has 2 fully saturated rings. The van der Waals surface area contributed by atoms with Crippen molar-refractivity contribution in [2.24, 2.45) is 5.73 Å². The summed E-state index contributed by atoms with van der Waals surface area (Å²) in [7, 11) is -4.78. The highest BCUT2D eigenvalue weighted by molar-refractivity contribution is 7.46. The number of nitrogens with two attached hydrogens (primary N) is 1. The van der Waals surface area contributed by atoms with Gasteiger partial charge in [0.2, 0.25) is 35.4 Å². The second-order valence-corrected chi connectivity index (χ2v) is 12.6. The van der Waals surface area contributed by atoms with Crippen LogP contribution in [0.5, 0.6) is 5.75 Å². The monoisotopic (exact) mass is 668 g/mol. The van der Waals surface area contributed by atoms with Gasteiger partial charge in [0.1, 0.15) is 36.0 Å². The Kier molecular flexibility index (Phi) is 12.3. The molecule has 1 aromatic rings. The normalized spacial score (nSPS) is 20.7. The first-order valence-electron chi connectivity index (χ1n) is 14.8. The van der Waals surface area contributed by atoms with Crippen molar-refractivity contribution >= 4 is 43.3 Å². The number of nitrogens with zero attached hydrogens (tertiary/aromatic N) is 2. The van der Waals surface area contributed by atoms with Gasteiger partial charge in [-0.25, -0.2) is 4.57 Å². The average Bonchev–Trinajstić information content (AvgIpc) is 3.65. The molecule has 1 aromatic carbocycles. The quantitative estimate of drug-likeness (QED) is 0.114. The lowest BCUT2D eigenvalue weighted by Gasteiger charge is -2.32. The van der Waals surface area contributed by atoms with E-state index in [-0.39, 0.29) is 25.1 Å². The maximum atomic E-state index is 13.6. The number of nitrogens with one attached hydrogen (secondary N) is 3. The molecule has 254 valence electrons. The zero-order valence-corrected chi connectivity index (χ0v) is 26.6. The number of carbonyl (C=O) groups is 6. The van der Waals surface area contributed by atoms with Crippen LogP contribution in [-0.2, 0) is 39.8 Å². The summed E-state index contributed by atoms with van der Waals surface area (Å²) in [5.41, 5.74) is 5.88. The molecule has 2 aliphatic heterocycles. The van der Waals surface area contributed by atoms with Gasteiger partial charge in [-0.1, -0.05) is 12.1 Å². The van der Waals surface area contributed by atoms with Crippen LogP contribution in [0, 0.1) is 0 Å². The van der Waals surface area contributed by atoms with Crippen molar-refractivity contribution in [2.75, 3.05) is 13.1 Å². The summed E-state index contributed by atoms with van der Waals surface area (Å²) in [6, 6.07) is -0.0478. The predicted molar refractivity (Wildman–Crippen MR) is 160 cm³/mol. The van der Waals surface area contributed by atoms with Gasteiger partial charge >= 0.3 is 7.82 Å². The maximum absolute atomic E-state index is 13.6. The Balaban J connectivity index is 1.69. The lowest BCUT2D eigenvalue weighted by Crippen LogP contribution is -2.60. The molecule has 2 saturated heterocycles. The number of carbonyl (C=O) groups excluding carboxylic acids is 6. The third-order valence-electron chi connectivity index (χ3n) is 7.76. The van der Waals surface area contributed by atoms with Crippen LogP contribution in [0.2, 0.25) is 0 Å². The molecule has 6 amide bonds. The van der Waals surface area contributed by atoms with E-state index in [0.717, 1.165) is 0 Å². The van der Waals surface area contributed by atoms with Crippen LogP contribution in [0.1, 0.15) is 52.0 Å². The van der Waals surface area contributed by atoms with Crippen LogP contribution in [0.15, 0.2) is 24.3 Å². The first-order valence-corrected chi connectivity index (χ1v) is 16.3. The summed E-state index contributed by atoms with van der Waals surface area (Å²) in [5, 5.41) is 18.1. The van der Waals surface area contributed by atoms with Gasteiger partial charge in [0.25, 0.3) is 0 Å². The van der Waals surface area contributed by atoms with Crippen molar-refractivity contribution in [3.8, 4) is 5.75 Å². The van der Waals surface area contributed by atoms with Crippen LogP contribution in [0.25, 0.3) is 0 Å². The Bertz CT molecular complexity index is 1370. The molecule has 0 unspecified atom stereocenters. The van der Waals surface area contributed by atoms with Crippen molar-refractivity contribution in [3.63, 3.8) is 0 Å². The van der Waals surface area contributed by atoms with Gasteiger partial charge < -0.3 is 41.1 Å². The maximum Gasteiger partial charge on any atom is 0.524 e. The van der Waals surface area contributed by atoms with Gasteiger partial charge in [-0.05, 0) is 57.2 Å². The van der Waals surface area contributed by atoms with E-state index in [2.05, 4.69) is 20.5 Å². The number of amides is 6. The van der Waals surface area contributed by atoms with E-state index in [0.29, 0.717) is 31.4 Å². The van der Waals surface area contributed by atoms with E-state index in [4.69, 9.17) is 15.5 Å². The van der Waals surface area contributed by atoms with Crippen molar-refractivity contribution in [2.45, 2.75) is 89.2 Å². The number of likely N-dealkylation sites (tertiary alicyclic amines) is 2. The molecule has 0 saturated carbocycles. The Morgan fingerprint density at radius 1 is 0.935 bits per heavy atom. The fraction of sp³-hybridized carbons (Fsp3) is 0.571. The molecule has 0 bridgehead atoms. The molecule has 17 nitrogen and oxygen atoms in total. The number of phosphoric ester groups is 1. The van der Waals surface area contributed by atoms with Gasteiger partial charge in [-0.15, -0.1) is 0 Å². The van der Waals surface area contributed by atoms with E-state index in [1.165, 1.54) is 54.8 Å². The summed E-state index contributed by atoms with van der Waals surface area (Å²) >= 11 is 0. The molecular weight excluding hydrogens is 627 g/mol. The van der Waals surface area contributed by atoms with Crippen LogP contribution in [0.3, 0.4) is 0 Å². The molecule has 6 atom stereocenters. The number of hydrogen-bond acceptors (Lipinski definition) is 9. The molecule has 8 N–H and O–H groups in total. The topological polar surface area (TPSA) is 258 Å². The van der Waals surface area contributed by atoms with E-state index in [1.54, 1.807) is 0 Å². The van der Waals surface area contributed by atoms with Crippen LogP contribution >= 0.6 is 7.82 Å². The number of primary amides is 1. The highest BCUT2D eigenvalue weighted by atomic mass is 31.2. The number of rotatable bonds is 13.